The fraction of sp³-hybridized carbons (Fsp3) is 0.643. The smallest absolute Gasteiger partial charge is 0.0963 e. The largest absolute Gasteiger partial charge is 0.327 e. The van der Waals surface area contributed by atoms with Gasteiger partial charge in [-0.2, -0.15) is 0 Å². The van der Waals surface area contributed by atoms with Crippen LogP contribution in [0.3, 0.4) is 0 Å². The number of nitrogens with two attached hydrogens (primary N) is 1. The Morgan fingerprint density at radius 3 is 2.82 bits per heavy atom. The molecule has 2 rings (SSSR count). The van der Waals surface area contributed by atoms with Crippen molar-refractivity contribution in [3.8, 4) is 0 Å². The average Bonchev–Trinajstić information content (AvgIpc) is 2.33. The highest BCUT2D eigenvalue weighted by Crippen LogP contribution is 2.37. The molecular weight excluding hydrogens is 228 g/mol. The molecule has 3 atom stereocenters. The van der Waals surface area contributed by atoms with Crippen molar-refractivity contribution in [2.24, 2.45) is 17.6 Å². The normalized spacial score (nSPS) is 29.5. The maximum Gasteiger partial charge on any atom is 0.0963 e. The van der Waals surface area contributed by atoms with Crippen LogP contribution in [0.15, 0.2) is 29.4 Å². The minimum absolute atomic E-state index is 0.331. The summed E-state index contributed by atoms with van der Waals surface area (Å²) in [4.78, 5) is 4.38. The summed E-state index contributed by atoms with van der Waals surface area (Å²) in [5.74, 6) is 1.60. The van der Waals surface area contributed by atoms with Crippen molar-refractivity contribution in [1.82, 2.24) is 4.98 Å². The van der Waals surface area contributed by atoms with Gasteiger partial charge in [0.1, 0.15) is 0 Å². The first-order valence-corrected chi connectivity index (χ1v) is 7.38. The second kappa shape index (κ2) is 5.87. The highest BCUT2D eigenvalue weighted by molar-refractivity contribution is 7.99. The number of nitrogens with zero attached hydrogens (tertiary/aromatic N) is 1. The van der Waals surface area contributed by atoms with E-state index < -0.39 is 0 Å². The molecule has 0 bridgehead atoms. The van der Waals surface area contributed by atoms with Gasteiger partial charge in [-0.1, -0.05) is 19.9 Å². The molecule has 1 aromatic rings. The zero-order valence-electron chi connectivity index (χ0n) is 10.7. The molecule has 1 aromatic heterocycles. The van der Waals surface area contributed by atoms with Crippen LogP contribution in [0.1, 0.15) is 33.1 Å². The molecule has 0 spiro atoms. The third-order valence-corrected chi connectivity index (χ3v) is 5.06. The molecule has 0 amide bonds. The predicted molar refractivity (Wildman–Crippen MR) is 74.0 cm³/mol. The Morgan fingerprint density at radius 1 is 1.35 bits per heavy atom. The molecule has 0 aliphatic heterocycles. The van der Waals surface area contributed by atoms with Crippen molar-refractivity contribution >= 4 is 11.8 Å². The first-order chi connectivity index (χ1) is 8.16. The third-order valence-electron chi connectivity index (χ3n) is 3.74. The summed E-state index contributed by atoms with van der Waals surface area (Å²) >= 11 is 1.86. The average molecular weight is 250 g/mol. The molecule has 1 saturated carbocycles. The van der Waals surface area contributed by atoms with Crippen molar-refractivity contribution in [1.29, 1.82) is 0 Å². The van der Waals surface area contributed by atoms with Gasteiger partial charge in [0.25, 0.3) is 0 Å². The Bertz CT molecular complexity index is 339. The number of rotatable bonds is 3. The van der Waals surface area contributed by atoms with Gasteiger partial charge in [0.15, 0.2) is 0 Å². The molecule has 0 saturated heterocycles. The summed E-state index contributed by atoms with van der Waals surface area (Å²) in [6.07, 6.45) is 5.54. The quantitative estimate of drug-likeness (QED) is 0.894. The van der Waals surface area contributed by atoms with E-state index in [1.807, 2.05) is 30.1 Å². The second-order valence-electron chi connectivity index (χ2n) is 5.31. The molecule has 1 fully saturated rings. The maximum atomic E-state index is 6.24. The Labute approximate surface area is 108 Å². The van der Waals surface area contributed by atoms with Crippen LogP contribution >= 0.6 is 11.8 Å². The highest BCUT2D eigenvalue weighted by Gasteiger charge is 2.30. The summed E-state index contributed by atoms with van der Waals surface area (Å²) in [6.45, 7) is 4.65. The summed E-state index contributed by atoms with van der Waals surface area (Å²) < 4.78 is 0. The topological polar surface area (TPSA) is 38.9 Å². The number of aromatic nitrogens is 1. The Hall–Kier alpha value is -0.540. The maximum absolute atomic E-state index is 6.24. The van der Waals surface area contributed by atoms with E-state index in [9.17, 15) is 0 Å². The van der Waals surface area contributed by atoms with Crippen molar-refractivity contribution < 1.29 is 0 Å². The monoisotopic (exact) mass is 250 g/mol. The zero-order valence-corrected chi connectivity index (χ0v) is 11.5. The van der Waals surface area contributed by atoms with E-state index in [2.05, 4.69) is 24.9 Å². The number of thioether (sulfide) groups is 1. The Morgan fingerprint density at radius 2 is 2.18 bits per heavy atom. The molecule has 1 heterocycles. The molecule has 0 aromatic carbocycles. The van der Waals surface area contributed by atoms with Crippen molar-refractivity contribution in [3.63, 3.8) is 0 Å². The van der Waals surface area contributed by atoms with Gasteiger partial charge in [0, 0.05) is 17.5 Å². The van der Waals surface area contributed by atoms with Crippen LogP contribution in [0.25, 0.3) is 0 Å². The van der Waals surface area contributed by atoms with E-state index >= 15 is 0 Å². The highest BCUT2D eigenvalue weighted by atomic mass is 32.2. The molecule has 2 nitrogen and oxygen atoms in total. The lowest BCUT2D eigenvalue weighted by Gasteiger charge is -2.35. The number of hydrogen-bond acceptors (Lipinski definition) is 3. The number of hydrogen-bond donors (Lipinski definition) is 1. The van der Waals surface area contributed by atoms with Gasteiger partial charge in [0.05, 0.1) is 5.03 Å². The summed E-state index contributed by atoms with van der Waals surface area (Å²) in [7, 11) is 0. The first kappa shape index (κ1) is 12.9. The second-order valence-corrected chi connectivity index (χ2v) is 6.56. The van der Waals surface area contributed by atoms with Gasteiger partial charge >= 0.3 is 0 Å². The van der Waals surface area contributed by atoms with Crippen LogP contribution < -0.4 is 5.73 Å². The number of pyridine rings is 1. The van der Waals surface area contributed by atoms with Gasteiger partial charge in [-0.3, -0.25) is 0 Å². The van der Waals surface area contributed by atoms with E-state index in [-0.39, 0.29) is 0 Å². The predicted octanol–water partition coefficient (Wildman–Crippen LogP) is 3.33. The molecule has 3 unspecified atom stereocenters. The zero-order chi connectivity index (χ0) is 12.3. The molecule has 1 aliphatic rings. The van der Waals surface area contributed by atoms with Crippen LogP contribution in [0.2, 0.25) is 0 Å². The molecule has 1 aliphatic carbocycles. The van der Waals surface area contributed by atoms with Crippen molar-refractivity contribution in [2.45, 2.75) is 49.4 Å². The molecular formula is C14H22N2S. The minimum atomic E-state index is 0.331. The standard InChI is InChI=1S/C14H22N2S/c1-10(2)11-6-7-12(15)13(9-11)17-14-5-3-4-8-16-14/h3-5,8,10-13H,6-7,9,15H2,1-2H3. The molecule has 17 heavy (non-hydrogen) atoms. The fourth-order valence-corrected chi connectivity index (χ4v) is 3.74. The van der Waals surface area contributed by atoms with Gasteiger partial charge in [-0.25, -0.2) is 4.98 Å². The van der Waals surface area contributed by atoms with Crippen LogP contribution in [0.5, 0.6) is 0 Å². The van der Waals surface area contributed by atoms with Gasteiger partial charge in [-0.15, -0.1) is 11.8 Å². The Kier molecular flexibility index (Phi) is 4.46. The van der Waals surface area contributed by atoms with E-state index in [1.54, 1.807) is 0 Å². The fourth-order valence-electron chi connectivity index (χ4n) is 2.50. The van der Waals surface area contributed by atoms with Gasteiger partial charge in [0.2, 0.25) is 0 Å². The molecule has 0 radical (unpaired) electrons. The van der Waals surface area contributed by atoms with E-state index in [4.69, 9.17) is 5.73 Å². The van der Waals surface area contributed by atoms with Crippen molar-refractivity contribution in [2.75, 3.05) is 0 Å². The van der Waals surface area contributed by atoms with Gasteiger partial charge in [-0.05, 0) is 43.2 Å². The SMILES string of the molecule is CC(C)C1CCC(N)C(Sc2ccccn2)C1. The lowest BCUT2D eigenvalue weighted by atomic mass is 9.79. The van der Waals surface area contributed by atoms with Gasteiger partial charge < -0.3 is 5.73 Å². The van der Waals surface area contributed by atoms with E-state index in [0.29, 0.717) is 11.3 Å². The summed E-state index contributed by atoms with van der Waals surface area (Å²) in [5.41, 5.74) is 6.24. The summed E-state index contributed by atoms with van der Waals surface area (Å²) in [6, 6.07) is 6.42. The van der Waals surface area contributed by atoms with E-state index in [0.717, 1.165) is 23.3 Å². The van der Waals surface area contributed by atoms with Crippen molar-refractivity contribution in [3.05, 3.63) is 24.4 Å². The van der Waals surface area contributed by atoms with Crippen LogP contribution in [0.4, 0.5) is 0 Å². The lowest BCUT2D eigenvalue weighted by Crippen LogP contribution is -2.39. The molecule has 94 valence electrons. The third kappa shape index (κ3) is 3.46. The Balaban J connectivity index is 1.99. The van der Waals surface area contributed by atoms with Crippen LogP contribution in [0, 0.1) is 11.8 Å². The van der Waals surface area contributed by atoms with Crippen LogP contribution in [-0.2, 0) is 0 Å². The summed E-state index contributed by atoms with van der Waals surface area (Å²) in [5, 5.41) is 1.64. The van der Waals surface area contributed by atoms with E-state index in [1.165, 1.54) is 12.8 Å². The minimum Gasteiger partial charge on any atom is -0.327 e. The first-order valence-electron chi connectivity index (χ1n) is 6.50. The molecule has 2 N–H and O–H groups in total. The van der Waals surface area contributed by atoms with Crippen LogP contribution in [-0.4, -0.2) is 16.3 Å². The molecule has 3 heteroatoms. The lowest BCUT2D eigenvalue weighted by molar-refractivity contribution is 0.266.